The molecule has 6 heteroatoms. The molecule has 2 aromatic carbocycles. The summed E-state index contributed by atoms with van der Waals surface area (Å²) in [6.45, 7) is 11.3. The predicted molar refractivity (Wildman–Crippen MR) is 118 cm³/mol. The van der Waals surface area contributed by atoms with Crippen LogP contribution in [0.1, 0.15) is 39.1 Å². The Hall–Kier alpha value is -2.44. The van der Waals surface area contributed by atoms with Gasteiger partial charge in [-0.3, -0.25) is 4.40 Å². The van der Waals surface area contributed by atoms with Crippen LogP contribution in [0, 0.1) is 19.7 Å². The van der Waals surface area contributed by atoms with Gasteiger partial charge in [0.15, 0.2) is 11.4 Å². The van der Waals surface area contributed by atoms with Gasteiger partial charge in [0.1, 0.15) is 11.4 Å². The Bertz CT molecular complexity index is 1260. The first kappa shape index (κ1) is 19.9. The van der Waals surface area contributed by atoms with Gasteiger partial charge in [-0.05, 0) is 45.4 Å². The van der Waals surface area contributed by atoms with Crippen molar-refractivity contribution in [2.24, 2.45) is 0 Å². The van der Waals surface area contributed by atoms with E-state index < -0.39 is 11.2 Å². The normalized spacial score (nSPS) is 13.0. The van der Waals surface area contributed by atoms with Gasteiger partial charge in [-0.1, -0.05) is 29.7 Å². The van der Waals surface area contributed by atoms with Crippen molar-refractivity contribution in [3.8, 4) is 0 Å². The first-order valence-corrected chi connectivity index (χ1v) is 9.76. The van der Waals surface area contributed by atoms with Crippen LogP contribution in [0.4, 0.5) is 4.39 Å². The Morgan fingerprint density at radius 1 is 1.03 bits per heavy atom. The molecule has 4 rings (SSSR count). The van der Waals surface area contributed by atoms with Crippen LogP contribution in [0.5, 0.6) is 0 Å². The van der Waals surface area contributed by atoms with Crippen LogP contribution >= 0.6 is 0 Å². The van der Waals surface area contributed by atoms with Crippen molar-refractivity contribution in [2.75, 3.05) is 0 Å². The minimum absolute atomic E-state index is 0.255. The van der Waals surface area contributed by atoms with E-state index in [1.807, 2.05) is 76.3 Å². The fourth-order valence-corrected chi connectivity index (χ4v) is 3.44. The number of nitrogens with zero attached hydrogens (tertiary/aromatic N) is 2. The summed E-state index contributed by atoms with van der Waals surface area (Å²) in [5.74, 6) is 0.492. The number of halogens is 1. The van der Waals surface area contributed by atoms with Gasteiger partial charge in [0.05, 0.1) is 16.6 Å². The van der Waals surface area contributed by atoms with Crippen LogP contribution in [0.3, 0.4) is 0 Å². The summed E-state index contributed by atoms with van der Waals surface area (Å²) < 4.78 is 23.3. The zero-order valence-electron chi connectivity index (χ0n) is 17.7. The lowest BCUT2D eigenvalue weighted by Gasteiger charge is -2.33. The molecule has 0 aliphatic heterocycles. The van der Waals surface area contributed by atoms with E-state index >= 15 is 4.39 Å². The van der Waals surface area contributed by atoms with Gasteiger partial charge in [0.25, 0.3) is 0 Å². The van der Waals surface area contributed by atoms with Gasteiger partial charge in [0, 0.05) is 24.6 Å². The van der Waals surface area contributed by atoms with E-state index in [1.54, 1.807) is 13.5 Å². The van der Waals surface area contributed by atoms with Crippen LogP contribution < -0.4 is 5.46 Å². The van der Waals surface area contributed by atoms with E-state index in [1.165, 1.54) is 0 Å². The molecular formula is C23H26BFN2O2+. The second-order valence-corrected chi connectivity index (χ2v) is 8.83. The van der Waals surface area contributed by atoms with Crippen LogP contribution in [-0.2, 0) is 4.65 Å². The summed E-state index contributed by atoms with van der Waals surface area (Å²) in [5, 5.41) is 9.57. The smallest absolute Gasteiger partial charge is 0.331 e. The molecule has 2 N–H and O–H groups in total. The summed E-state index contributed by atoms with van der Waals surface area (Å²) in [7, 11) is 1.62. The number of aryl methyl sites for hydroxylation is 2. The maximum Gasteiger partial charge on any atom is 0.331 e. The highest BCUT2D eigenvalue weighted by Gasteiger charge is 2.40. The molecule has 4 nitrogen and oxygen atoms in total. The molecule has 2 aromatic heterocycles. The molecule has 0 saturated carbocycles. The lowest BCUT2D eigenvalue weighted by atomic mass is 9.82. The maximum absolute atomic E-state index is 15.5. The van der Waals surface area contributed by atoms with Crippen molar-refractivity contribution in [1.82, 2.24) is 9.38 Å². The fraction of sp³-hybridized carbons (Fsp3) is 0.348. The Morgan fingerprint density at radius 2 is 1.76 bits per heavy atom. The number of aromatic nitrogens is 2. The minimum atomic E-state index is -0.774. The molecule has 29 heavy (non-hydrogen) atoms. The third-order valence-electron chi connectivity index (χ3n) is 5.94. The van der Waals surface area contributed by atoms with E-state index in [0.717, 1.165) is 33.3 Å². The standard InChI is InChI=1S/C23H25BFN2O2/c1-13-7-9-16-18(11-13)26-14(2)27-19-10-8-15(12-17(19)20(25)21(16)27)24-29-23(5,6)22(3,4)28/h7-12,28H,1-6H3/p+1. The van der Waals surface area contributed by atoms with E-state index in [0.29, 0.717) is 10.9 Å². The lowest BCUT2D eigenvalue weighted by Crippen LogP contribution is -2.49. The van der Waals surface area contributed by atoms with Gasteiger partial charge in [-0.2, -0.15) is 0 Å². The van der Waals surface area contributed by atoms with Gasteiger partial charge in [0.2, 0.25) is 0 Å². The minimum Gasteiger partial charge on any atom is -0.439 e. The molecule has 0 aliphatic rings. The van der Waals surface area contributed by atoms with Crippen molar-refractivity contribution in [1.29, 1.82) is 0 Å². The molecule has 0 fully saturated rings. The molecule has 0 bridgehead atoms. The lowest BCUT2D eigenvalue weighted by molar-refractivity contribution is -0.0893. The molecule has 2 heterocycles. The van der Waals surface area contributed by atoms with Crippen LogP contribution in [0.15, 0.2) is 36.4 Å². The average Bonchev–Trinajstić information content (AvgIpc) is 2.92. The number of rotatable bonds is 4. The van der Waals surface area contributed by atoms with Crippen LogP contribution in [0.25, 0.3) is 27.3 Å². The Kier molecular flexibility index (Phi) is 4.48. The Morgan fingerprint density at radius 3 is 2.45 bits per heavy atom. The third-order valence-corrected chi connectivity index (χ3v) is 5.94. The molecule has 149 valence electrons. The number of hydrogen-bond donors (Lipinski definition) is 0. The molecule has 0 atom stereocenters. The Balaban J connectivity index is 1.86. The highest BCUT2D eigenvalue weighted by molar-refractivity contribution is 6.47. The average molecular weight is 392 g/mol. The topological polar surface area (TPSA) is 49.4 Å². The second kappa shape index (κ2) is 6.54. The molecule has 0 saturated heterocycles. The zero-order valence-corrected chi connectivity index (χ0v) is 17.7. The summed E-state index contributed by atoms with van der Waals surface area (Å²) in [6.07, 6.45) is 0. The molecule has 0 aliphatic carbocycles. The van der Waals surface area contributed by atoms with E-state index in [4.69, 9.17) is 9.76 Å². The highest BCUT2D eigenvalue weighted by Crippen LogP contribution is 2.31. The van der Waals surface area contributed by atoms with Gasteiger partial charge in [-0.15, -0.1) is 0 Å². The van der Waals surface area contributed by atoms with Gasteiger partial charge < -0.3 is 9.76 Å². The molecule has 4 aromatic rings. The predicted octanol–water partition coefficient (Wildman–Crippen LogP) is 3.94. The monoisotopic (exact) mass is 392 g/mol. The van der Waals surface area contributed by atoms with Crippen molar-refractivity contribution >= 4 is 40.3 Å². The summed E-state index contributed by atoms with van der Waals surface area (Å²) in [6, 6.07) is 11.5. The number of benzene rings is 2. The van der Waals surface area contributed by atoms with Crippen molar-refractivity contribution in [3.63, 3.8) is 0 Å². The largest absolute Gasteiger partial charge is 0.439 e. The quantitative estimate of drug-likeness (QED) is 0.390. The number of fused-ring (bicyclic) bond motifs is 5. The summed E-state index contributed by atoms with van der Waals surface area (Å²) in [5.41, 5.74) is 2.53. The molecule has 1 radical (unpaired) electrons. The third kappa shape index (κ3) is 3.20. The van der Waals surface area contributed by atoms with Gasteiger partial charge in [-0.25, -0.2) is 9.37 Å². The fourth-order valence-electron chi connectivity index (χ4n) is 3.44. The van der Waals surface area contributed by atoms with Crippen molar-refractivity contribution in [2.45, 2.75) is 52.7 Å². The van der Waals surface area contributed by atoms with Crippen LogP contribution in [-0.4, -0.2) is 33.2 Å². The molecule has 0 spiro atoms. The molecule has 0 unspecified atom stereocenters. The first-order valence-electron chi connectivity index (χ1n) is 9.76. The molecular weight excluding hydrogens is 366 g/mol. The first-order chi connectivity index (χ1) is 13.5. The van der Waals surface area contributed by atoms with Crippen molar-refractivity contribution < 1.29 is 14.2 Å². The van der Waals surface area contributed by atoms with Gasteiger partial charge >= 0.3 is 7.48 Å². The number of hydrogen-bond acceptors (Lipinski definition) is 2. The van der Waals surface area contributed by atoms with E-state index in [2.05, 4.69) is 4.98 Å². The SMILES string of the molecule is Cc1ccc2c(c1)nc(C)n1c3ccc([B]OC(C)(C)C(C)(C)[OH2+])cc3c(F)c21. The van der Waals surface area contributed by atoms with Crippen molar-refractivity contribution in [3.05, 3.63) is 53.6 Å². The van der Waals surface area contributed by atoms with E-state index in [-0.39, 0.29) is 5.82 Å². The molecule has 0 amide bonds. The van der Waals surface area contributed by atoms with E-state index in [9.17, 15) is 0 Å². The highest BCUT2D eigenvalue weighted by atomic mass is 19.1. The Labute approximate surface area is 170 Å². The summed E-state index contributed by atoms with van der Waals surface area (Å²) in [4.78, 5) is 4.69. The van der Waals surface area contributed by atoms with Crippen LogP contribution in [0.2, 0.25) is 0 Å². The summed E-state index contributed by atoms with van der Waals surface area (Å²) >= 11 is 0. The second-order valence-electron chi connectivity index (χ2n) is 8.83. The zero-order chi connectivity index (χ0) is 21.1. The maximum atomic E-state index is 15.5.